The number of aliphatic hydroxyl groups excluding tert-OH is 1. The predicted molar refractivity (Wildman–Crippen MR) is 237 cm³/mol. The Bertz CT molecular complexity index is 2530. The molecule has 302 valence electrons. The van der Waals surface area contributed by atoms with Crippen LogP contribution in [0.2, 0.25) is 5.02 Å². The number of fused-ring (bicyclic) bond motifs is 1. The lowest BCUT2D eigenvalue weighted by Gasteiger charge is -2.09. The van der Waals surface area contributed by atoms with E-state index in [1.54, 1.807) is 49.8 Å². The molecule has 17 heteroatoms. The van der Waals surface area contributed by atoms with Crippen molar-refractivity contribution in [1.82, 2.24) is 19.5 Å². The van der Waals surface area contributed by atoms with E-state index in [0.29, 0.717) is 51.0 Å². The van der Waals surface area contributed by atoms with Gasteiger partial charge in [0.1, 0.15) is 23.0 Å². The Morgan fingerprint density at radius 3 is 1.88 bits per heavy atom. The van der Waals surface area contributed by atoms with Gasteiger partial charge in [-0.25, -0.2) is 4.98 Å². The first-order valence-corrected chi connectivity index (χ1v) is 18.2. The molecular weight excluding hydrogens is 792 g/mol. The molecule has 0 saturated heterocycles. The predicted octanol–water partition coefficient (Wildman–Crippen LogP) is 9.61. The van der Waals surface area contributed by atoms with Gasteiger partial charge in [0.15, 0.2) is 0 Å². The monoisotopic (exact) mass is 832 g/mol. The van der Waals surface area contributed by atoms with E-state index in [1.165, 1.54) is 18.0 Å². The number of aliphatic imine (C=N–C) groups is 1. The molecule has 7 aromatic rings. The number of benzene rings is 4. The van der Waals surface area contributed by atoms with Gasteiger partial charge in [0.2, 0.25) is 5.95 Å². The summed E-state index contributed by atoms with van der Waals surface area (Å²) in [6.45, 7) is 2.03. The van der Waals surface area contributed by atoms with Crippen molar-refractivity contribution in [3.63, 3.8) is 0 Å². The van der Waals surface area contributed by atoms with E-state index in [-0.39, 0.29) is 0 Å². The molecule has 3 heterocycles. The number of thiocarbonyl (C=S) groups is 1. The van der Waals surface area contributed by atoms with Crippen molar-refractivity contribution < 1.29 is 25.0 Å². The highest BCUT2D eigenvalue weighted by Crippen LogP contribution is 2.29. The highest BCUT2D eigenvalue weighted by Gasteiger charge is 2.10. The van der Waals surface area contributed by atoms with Crippen LogP contribution >= 0.6 is 23.8 Å². The minimum Gasteiger partial charge on any atom is -0.457 e. The van der Waals surface area contributed by atoms with Crippen LogP contribution in [0.15, 0.2) is 137 Å². The first kappa shape index (κ1) is 44.4. The molecule has 0 fully saturated rings. The molecule has 0 aliphatic heterocycles. The SMILES string of the molecule is CNc1ccc(Oc2ccnc(/C=N\O)c2)cc1N.CO.Cc1ccc(N=C=S)cc1.Cn1c(Nc2ccc(Cl)cc2)nc2cc(Oc3ccnc(/C=N\O)c3)ccc21. The minimum atomic E-state index is 0.494. The van der Waals surface area contributed by atoms with Crippen molar-refractivity contribution in [2.75, 3.05) is 30.5 Å². The average molecular weight is 833 g/mol. The van der Waals surface area contributed by atoms with Crippen molar-refractivity contribution >= 4 is 81.1 Å². The third-order valence-corrected chi connectivity index (χ3v) is 8.15. The van der Waals surface area contributed by atoms with Crippen molar-refractivity contribution in [3.05, 3.63) is 144 Å². The number of imidazole rings is 1. The number of ether oxygens (including phenoxy) is 2. The lowest BCUT2D eigenvalue weighted by atomic mass is 10.2. The Hall–Kier alpha value is -7.36. The highest BCUT2D eigenvalue weighted by atomic mass is 35.5. The summed E-state index contributed by atoms with van der Waals surface area (Å²) in [6.07, 6.45) is 5.62. The van der Waals surface area contributed by atoms with Gasteiger partial charge in [-0.2, -0.15) is 4.99 Å². The molecule has 7 rings (SSSR count). The fourth-order valence-electron chi connectivity index (χ4n) is 5.04. The first-order chi connectivity index (χ1) is 28.7. The molecule has 15 nitrogen and oxygen atoms in total. The number of aromatic nitrogens is 4. The molecule has 0 spiro atoms. The second-order valence-corrected chi connectivity index (χ2v) is 12.5. The molecule has 0 bridgehead atoms. The number of nitrogens with zero attached hydrogens (tertiary/aromatic N) is 7. The Morgan fingerprint density at radius 1 is 0.780 bits per heavy atom. The maximum atomic E-state index is 8.63. The smallest absolute Gasteiger partial charge is 0.208 e. The Labute approximate surface area is 350 Å². The van der Waals surface area contributed by atoms with Gasteiger partial charge in [0.05, 0.1) is 57.1 Å². The molecular formula is C42H41ClN10O5S. The Kier molecular flexibility index (Phi) is 17.3. The minimum absolute atomic E-state index is 0.494. The fourth-order valence-corrected chi connectivity index (χ4v) is 5.27. The van der Waals surface area contributed by atoms with Crippen LogP contribution in [0.5, 0.6) is 23.0 Å². The third kappa shape index (κ3) is 13.7. The Morgan fingerprint density at radius 2 is 1.34 bits per heavy atom. The summed E-state index contributed by atoms with van der Waals surface area (Å²) in [5.41, 5.74) is 13.0. The molecule has 0 radical (unpaired) electrons. The van der Waals surface area contributed by atoms with Crippen LogP contribution < -0.4 is 25.8 Å². The molecule has 0 aliphatic rings. The summed E-state index contributed by atoms with van der Waals surface area (Å²) >= 11 is 10.4. The highest BCUT2D eigenvalue weighted by molar-refractivity contribution is 7.78. The van der Waals surface area contributed by atoms with Crippen LogP contribution in [0.1, 0.15) is 17.0 Å². The zero-order chi connectivity index (χ0) is 42.6. The van der Waals surface area contributed by atoms with Gasteiger partial charge in [-0.1, -0.05) is 39.6 Å². The molecule has 0 unspecified atom stereocenters. The summed E-state index contributed by atoms with van der Waals surface area (Å²) in [7, 11) is 4.74. The summed E-state index contributed by atoms with van der Waals surface area (Å²) in [6, 6.07) is 33.1. The number of aliphatic hydroxyl groups is 1. The van der Waals surface area contributed by atoms with Gasteiger partial charge in [-0.3, -0.25) is 9.97 Å². The number of oxime groups is 2. The number of hydrogen-bond acceptors (Lipinski definition) is 15. The van der Waals surface area contributed by atoms with E-state index in [1.807, 2.05) is 97.4 Å². The van der Waals surface area contributed by atoms with Crippen molar-refractivity contribution in [3.8, 4) is 23.0 Å². The van der Waals surface area contributed by atoms with E-state index in [0.717, 1.165) is 35.2 Å². The molecule has 0 saturated carbocycles. The van der Waals surface area contributed by atoms with Crippen molar-refractivity contribution in [1.29, 1.82) is 0 Å². The van der Waals surface area contributed by atoms with Gasteiger partial charge in [0, 0.05) is 68.6 Å². The number of rotatable bonds is 10. The number of nitrogens with one attached hydrogen (secondary N) is 2. The molecule has 0 amide bonds. The standard InChI is InChI=1S/C20H16ClN5O2.C13H14N4O2.C8H7NS.CH4O/c1-26-19-7-6-16(28-17-8-9-22-15(10-17)12-23-27)11-18(19)25-20(26)24-14-4-2-13(21)3-5-14;1-15-13-3-2-10(7-12(13)14)19-11-4-5-16-9(6-11)8-17-18;1-7-2-4-8(5-3-7)9-6-10;1-2/h2-12,27H,1H3,(H,24,25);2-8,15,18H,14H2,1H3;2-5H,1H3;2H,1H3/b23-12-;17-8-;;. The average Bonchev–Trinajstić information content (AvgIpc) is 3.55. The van der Waals surface area contributed by atoms with E-state index >= 15 is 0 Å². The molecule has 7 N–H and O–H groups in total. The third-order valence-electron chi connectivity index (χ3n) is 7.81. The van der Waals surface area contributed by atoms with Crippen LogP contribution in [-0.2, 0) is 7.05 Å². The van der Waals surface area contributed by atoms with E-state index in [2.05, 4.69) is 58.3 Å². The zero-order valence-electron chi connectivity index (χ0n) is 32.4. The van der Waals surface area contributed by atoms with E-state index < -0.39 is 0 Å². The quantitative estimate of drug-likeness (QED) is 0.0250. The number of isothiocyanates is 1. The second-order valence-electron chi connectivity index (χ2n) is 11.8. The lowest BCUT2D eigenvalue weighted by Crippen LogP contribution is -1.98. The first-order valence-electron chi connectivity index (χ1n) is 17.5. The second kappa shape index (κ2) is 23.0. The molecule has 59 heavy (non-hydrogen) atoms. The normalized spacial score (nSPS) is 10.3. The molecule has 4 aromatic carbocycles. The molecule has 3 aromatic heterocycles. The number of hydrogen-bond donors (Lipinski definition) is 6. The number of nitrogens with two attached hydrogens (primary N) is 1. The van der Waals surface area contributed by atoms with Crippen LogP contribution in [0.4, 0.5) is 28.7 Å². The van der Waals surface area contributed by atoms with Gasteiger partial charge < -0.3 is 45.9 Å². The number of pyridine rings is 2. The van der Waals surface area contributed by atoms with Crippen LogP contribution in [-0.4, -0.2) is 66.8 Å². The summed E-state index contributed by atoms with van der Waals surface area (Å²) < 4.78 is 13.5. The number of halogens is 1. The van der Waals surface area contributed by atoms with Gasteiger partial charge in [-0.05, 0) is 91.9 Å². The van der Waals surface area contributed by atoms with Gasteiger partial charge in [0.25, 0.3) is 0 Å². The largest absolute Gasteiger partial charge is 0.457 e. The van der Waals surface area contributed by atoms with Crippen molar-refractivity contribution in [2.45, 2.75) is 6.92 Å². The van der Waals surface area contributed by atoms with Gasteiger partial charge in [-0.15, -0.1) is 0 Å². The Balaban J connectivity index is 0.000000213. The fraction of sp³-hybridized carbons (Fsp3) is 0.0952. The summed E-state index contributed by atoms with van der Waals surface area (Å²) in [5.74, 6) is 3.14. The molecule has 0 atom stereocenters. The van der Waals surface area contributed by atoms with E-state index in [9.17, 15) is 0 Å². The van der Waals surface area contributed by atoms with Gasteiger partial charge >= 0.3 is 0 Å². The zero-order valence-corrected chi connectivity index (χ0v) is 33.9. The van der Waals surface area contributed by atoms with Crippen LogP contribution in [0, 0.1) is 6.92 Å². The summed E-state index contributed by atoms with van der Waals surface area (Å²) in [5, 5.41) is 39.2. The number of anilines is 4. The van der Waals surface area contributed by atoms with Crippen LogP contribution in [0.25, 0.3) is 11.0 Å². The maximum Gasteiger partial charge on any atom is 0.208 e. The summed E-state index contributed by atoms with van der Waals surface area (Å²) in [4.78, 5) is 16.5. The molecule has 0 aliphatic carbocycles. The lowest BCUT2D eigenvalue weighted by molar-refractivity contribution is 0.321. The number of nitrogen functional groups attached to an aromatic ring is 1. The van der Waals surface area contributed by atoms with Crippen LogP contribution in [0.3, 0.4) is 0 Å². The topological polar surface area (TPSA) is 210 Å². The van der Waals surface area contributed by atoms with E-state index in [4.69, 9.17) is 42.3 Å². The number of aryl methyl sites for hydroxylation is 2. The van der Waals surface area contributed by atoms with Crippen molar-refractivity contribution in [2.24, 2.45) is 22.4 Å². The maximum absolute atomic E-state index is 8.63.